The Morgan fingerprint density at radius 3 is 2.30 bits per heavy atom. The molecule has 0 saturated heterocycles. The van der Waals surface area contributed by atoms with E-state index in [-0.39, 0.29) is 0 Å². The van der Waals surface area contributed by atoms with Gasteiger partial charge in [0.05, 0.1) is 19.7 Å². The molecule has 0 spiro atoms. The molecule has 1 aliphatic rings. The molecule has 0 bridgehead atoms. The van der Waals surface area contributed by atoms with Crippen LogP contribution in [-0.4, -0.2) is 50.9 Å². The van der Waals surface area contributed by atoms with Gasteiger partial charge in [0.2, 0.25) is 5.95 Å². The second-order valence-corrected chi connectivity index (χ2v) is 9.00. The van der Waals surface area contributed by atoms with Crippen LogP contribution in [0.3, 0.4) is 0 Å². The normalized spacial score (nSPS) is 18.2. The van der Waals surface area contributed by atoms with Crippen molar-refractivity contribution in [1.29, 1.82) is 0 Å². The Kier molecular flexibility index (Phi) is 7.50. The predicted molar refractivity (Wildman–Crippen MR) is 134 cm³/mol. The zero-order valence-electron chi connectivity index (χ0n) is 20.1. The molecule has 7 nitrogen and oxygen atoms in total. The highest BCUT2D eigenvalue weighted by atomic mass is 16.5. The van der Waals surface area contributed by atoms with Gasteiger partial charge in [-0.3, -0.25) is 0 Å². The van der Waals surface area contributed by atoms with Crippen LogP contribution in [-0.2, 0) is 6.54 Å². The van der Waals surface area contributed by atoms with Gasteiger partial charge in [-0.2, -0.15) is 4.98 Å². The van der Waals surface area contributed by atoms with Gasteiger partial charge < -0.3 is 25.0 Å². The first-order chi connectivity index (χ1) is 16.1. The summed E-state index contributed by atoms with van der Waals surface area (Å²) in [6.45, 7) is 1.83. The third-order valence-corrected chi connectivity index (χ3v) is 6.36. The van der Waals surface area contributed by atoms with Crippen molar-refractivity contribution in [3.63, 3.8) is 0 Å². The molecule has 0 aliphatic heterocycles. The van der Waals surface area contributed by atoms with Crippen molar-refractivity contribution in [2.24, 2.45) is 5.92 Å². The van der Waals surface area contributed by atoms with Crippen LogP contribution in [0, 0.1) is 5.92 Å². The average Bonchev–Trinajstić information content (AvgIpc) is 2.84. The maximum atomic E-state index is 5.37. The molecular formula is C26H35N5O2. The van der Waals surface area contributed by atoms with Crippen molar-refractivity contribution >= 4 is 22.7 Å². The number of hydrogen-bond acceptors (Lipinski definition) is 7. The van der Waals surface area contributed by atoms with E-state index in [1.54, 1.807) is 14.2 Å². The fraction of sp³-hybridized carbons (Fsp3) is 0.462. The van der Waals surface area contributed by atoms with Crippen LogP contribution in [0.4, 0.5) is 11.8 Å². The van der Waals surface area contributed by atoms with Crippen molar-refractivity contribution in [3.05, 3.63) is 48.0 Å². The number of methoxy groups -OCH3 is 2. The largest absolute Gasteiger partial charge is 0.497 e. The number of rotatable bonds is 9. The summed E-state index contributed by atoms with van der Waals surface area (Å²) in [5, 5.41) is 8.30. The number of nitrogens with zero attached hydrogens (tertiary/aromatic N) is 3. The van der Waals surface area contributed by atoms with Crippen LogP contribution in [0.15, 0.2) is 42.5 Å². The highest BCUT2D eigenvalue weighted by Crippen LogP contribution is 2.28. The van der Waals surface area contributed by atoms with Crippen molar-refractivity contribution < 1.29 is 9.47 Å². The maximum absolute atomic E-state index is 5.37. The topological polar surface area (TPSA) is 71.5 Å². The lowest BCUT2D eigenvalue weighted by Crippen LogP contribution is -2.31. The minimum Gasteiger partial charge on any atom is -0.497 e. The van der Waals surface area contributed by atoms with E-state index in [1.807, 2.05) is 32.3 Å². The molecule has 1 aliphatic carbocycles. The molecule has 1 heterocycles. The minimum atomic E-state index is 0.417. The van der Waals surface area contributed by atoms with Crippen molar-refractivity contribution in [2.75, 3.05) is 45.1 Å². The lowest BCUT2D eigenvalue weighted by atomic mass is 9.86. The lowest BCUT2D eigenvalue weighted by Gasteiger charge is -2.29. The summed E-state index contributed by atoms with van der Waals surface area (Å²) in [7, 11) is 7.42. The Bertz CT molecular complexity index is 1040. The van der Waals surface area contributed by atoms with E-state index in [0.717, 1.165) is 60.1 Å². The molecule has 0 radical (unpaired) electrons. The number of para-hydroxylation sites is 1. The summed E-state index contributed by atoms with van der Waals surface area (Å²) < 4.78 is 10.7. The SMILES string of the molecule is COc1cc(CNC[C@H]2CC[C@@H](Nc3nc(N(C)C)c4ccccc4n3)CC2)cc(OC)c1. The highest BCUT2D eigenvalue weighted by molar-refractivity contribution is 5.90. The molecule has 176 valence electrons. The molecule has 3 aromatic rings. The average molecular weight is 450 g/mol. The van der Waals surface area contributed by atoms with Gasteiger partial charge in [0.15, 0.2) is 0 Å². The van der Waals surface area contributed by atoms with Crippen molar-refractivity contribution in [2.45, 2.75) is 38.3 Å². The first-order valence-electron chi connectivity index (χ1n) is 11.7. The number of ether oxygens (including phenoxy) is 2. The summed E-state index contributed by atoms with van der Waals surface area (Å²) in [4.78, 5) is 11.6. The number of fused-ring (bicyclic) bond motifs is 1. The molecule has 4 rings (SSSR count). The zero-order valence-corrected chi connectivity index (χ0v) is 20.1. The van der Waals surface area contributed by atoms with Crippen LogP contribution >= 0.6 is 0 Å². The molecule has 1 fully saturated rings. The van der Waals surface area contributed by atoms with Crippen molar-refractivity contribution in [3.8, 4) is 11.5 Å². The molecule has 33 heavy (non-hydrogen) atoms. The molecule has 0 unspecified atom stereocenters. The van der Waals surface area contributed by atoms with E-state index in [4.69, 9.17) is 19.4 Å². The van der Waals surface area contributed by atoms with E-state index in [2.05, 4.69) is 39.8 Å². The van der Waals surface area contributed by atoms with Gasteiger partial charge >= 0.3 is 0 Å². The van der Waals surface area contributed by atoms with Crippen LogP contribution in [0.5, 0.6) is 11.5 Å². The molecular weight excluding hydrogens is 414 g/mol. The second kappa shape index (κ2) is 10.7. The van der Waals surface area contributed by atoms with Gasteiger partial charge in [-0.15, -0.1) is 0 Å². The van der Waals surface area contributed by atoms with Gasteiger partial charge in [-0.05, 0) is 68.0 Å². The summed E-state index contributed by atoms with van der Waals surface area (Å²) in [6.07, 6.45) is 4.65. The second-order valence-electron chi connectivity index (χ2n) is 9.00. The molecule has 1 aromatic heterocycles. The Hall–Kier alpha value is -3.06. The first-order valence-corrected chi connectivity index (χ1v) is 11.7. The van der Waals surface area contributed by atoms with Gasteiger partial charge in [-0.1, -0.05) is 12.1 Å². The third kappa shape index (κ3) is 5.85. The lowest BCUT2D eigenvalue weighted by molar-refractivity contribution is 0.323. The summed E-state index contributed by atoms with van der Waals surface area (Å²) in [5.74, 6) is 4.02. The maximum Gasteiger partial charge on any atom is 0.225 e. The van der Waals surface area contributed by atoms with E-state index >= 15 is 0 Å². The van der Waals surface area contributed by atoms with Crippen LogP contribution < -0.4 is 25.0 Å². The van der Waals surface area contributed by atoms with Gasteiger partial charge in [0.1, 0.15) is 17.3 Å². The third-order valence-electron chi connectivity index (χ3n) is 6.36. The van der Waals surface area contributed by atoms with E-state index in [0.29, 0.717) is 12.0 Å². The predicted octanol–water partition coefficient (Wildman–Crippen LogP) is 4.47. The Labute approximate surface area is 196 Å². The van der Waals surface area contributed by atoms with E-state index in [9.17, 15) is 0 Å². The molecule has 1 saturated carbocycles. The number of hydrogen-bond donors (Lipinski definition) is 2. The summed E-state index contributed by atoms with van der Waals surface area (Å²) >= 11 is 0. The molecule has 2 aromatic carbocycles. The summed E-state index contributed by atoms with van der Waals surface area (Å²) in [5.41, 5.74) is 2.15. The fourth-order valence-corrected chi connectivity index (χ4v) is 4.55. The smallest absolute Gasteiger partial charge is 0.225 e. The quantitative estimate of drug-likeness (QED) is 0.499. The van der Waals surface area contributed by atoms with Gasteiger partial charge in [0, 0.05) is 38.1 Å². The van der Waals surface area contributed by atoms with Crippen LogP contribution in [0.1, 0.15) is 31.2 Å². The molecule has 2 N–H and O–H groups in total. The number of nitrogens with one attached hydrogen (secondary N) is 2. The Morgan fingerprint density at radius 1 is 0.939 bits per heavy atom. The zero-order chi connectivity index (χ0) is 23.2. The van der Waals surface area contributed by atoms with Crippen molar-refractivity contribution in [1.82, 2.24) is 15.3 Å². The highest BCUT2D eigenvalue weighted by Gasteiger charge is 2.22. The van der Waals surface area contributed by atoms with E-state index < -0.39 is 0 Å². The number of anilines is 2. The Morgan fingerprint density at radius 2 is 1.64 bits per heavy atom. The molecule has 7 heteroatoms. The molecule has 0 atom stereocenters. The van der Waals surface area contributed by atoms with Crippen LogP contribution in [0.25, 0.3) is 10.9 Å². The number of aromatic nitrogens is 2. The fourth-order valence-electron chi connectivity index (χ4n) is 4.55. The molecule has 0 amide bonds. The monoisotopic (exact) mass is 449 g/mol. The van der Waals surface area contributed by atoms with Crippen LogP contribution in [0.2, 0.25) is 0 Å². The standard InChI is InChI=1S/C26H35N5O2/c1-31(2)25-23-7-5-6-8-24(23)29-26(30-25)28-20-11-9-18(10-12-20)16-27-17-19-13-21(32-3)15-22(14-19)33-4/h5-8,13-15,18,20,27H,9-12,16-17H2,1-4H3,(H,28,29,30)/t18-,20+. The summed E-state index contributed by atoms with van der Waals surface area (Å²) in [6, 6.07) is 14.6. The van der Waals surface area contributed by atoms with E-state index in [1.165, 1.54) is 18.4 Å². The van der Waals surface area contributed by atoms with Gasteiger partial charge in [0.25, 0.3) is 0 Å². The Balaban J connectivity index is 1.28. The first kappa shape index (κ1) is 23.1. The van der Waals surface area contributed by atoms with Gasteiger partial charge in [-0.25, -0.2) is 4.98 Å². The minimum absolute atomic E-state index is 0.417. The number of benzene rings is 2.